The molecule has 0 amide bonds. The van der Waals surface area contributed by atoms with E-state index in [1.807, 2.05) is 0 Å². The minimum absolute atomic E-state index is 0. The number of esters is 1. The summed E-state index contributed by atoms with van der Waals surface area (Å²) in [6, 6.07) is 0. The fraction of sp³-hybridized carbons (Fsp3) is 0.625. The van der Waals surface area contributed by atoms with Crippen molar-refractivity contribution >= 4 is 5.97 Å². The SMILES string of the molecule is C1CCC1.C=CC(=O)OC.O. The van der Waals surface area contributed by atoms with Gasteiger partial charge in [0.05, 0.1) is 7.11 Å². The van der Waals surface area contributed by atoms with Gasteiger partial charge in [-0.1, -0.05) is 32.3 Å². The van der Waals surface area contributed by atoms with Crippen LogP contribution in [0.15, 0.2) is 12.7 Å². The largest absolute Gasteiger partial charge is 0.466 e. The highest BCUT2D eigenvalue weighted by Crippen LogP contribution is 2.15. The molecule has 3 heteroatoms. The van der Waals surface area contributed by atoms with Gasteiger partial charge in [-0.05, 0) is 0 Å². The monoisotopic (exact) mass is 160 g/mol. The van der Waals surface area contributed by atoms with Crippen LogP contribution in [-0.2, 0) is 9.53 Å². The highest BCUT2D eigenvalue weighted by molar-refractivity contribution is 5.80. The summed E-state index contributed by atoms with van der Waals surface area (Å²) in [5.41, 5.74) is 0. The average molecular weight is 160 g/mol. The van der Waals surface area contributed by atoms with E-state index in [0.717, 1.165) is 6.08 Å². The molecule has 0 radical (unpaired) electrons. The Kier molecular flexibility index (Phi) is 10.7. The number of hydrogen-bond acceptors (Lipinski definition) is 2. The van der Waals surface area contributed by atoms with Crippen molar-refractivity contribution in [3.05, 3.63) is 12.7 Å². The summed E-state index contributed by atoms with van der Waals surface area (Å²) in [6.45, 7) is 3.16. The number of carbonyl (C=O) groups excluding carboxylic acids is 1. The van der Waals surface area contributed by atoms with Crippen molar-refractivity contribution < 1.29 is 15.0 Å². The molecule has 1 aliphatic rings. The van der Waals surface area contributed by atoms with E-state index >= 15 is 0 Å². The molecule has 0 unspecified atom stereocenters. The topological polar surface area (TPSA) is 57.8 Å². The van der Waals surface area contributed by atoms with Crippen molar-refractivity contribution in [1.82, 2.24) is 0 Å². The van der Waals surface area contributed by atoms with Crippen LogP contribution in [0.1, 0.15) is 25.7 Å². The van der Waals surface area contributed by atoms with Crippen molar-refractivity contribution in [2.24, 2.45) is 0 Å². The smallest absolute Gasteiger partial charge is 0.329 e. The summed E-state index contributed by atoms with van der Waals surface area (Å²) in [7, 11) is 1.31. The van der Waals surface area contributed by atoms with Crippen molar-refractivity contribution in [3.8, 4) is 0 Å². The fourth-order valence-corrected chi connectivity index (χ4v) is 0.333. The number of hydrogen-bond donors (Lipinski definition) is 0. The van der Waals surface area contributed by atoms with E-state index in [0.29, 0.717) is 0 Å². The van der Waals surface area contributed by atoms with Crippen LogP contribution in [0.5, 0.6) is 0 Å². The van der Waals surface area contributed by atoms with Crippen LogP contribution in [0.25, 0.3) is 0 Å². The summed E-state index contributed by atoms with van der Waals surface area (Å²) in [5, 5.41) is 0. The molecule has 1 saturated carbocycles. The Morgan fingerprint density at radius 2 is 1.73 bits per heavy atom. The van der Waals surface area contributed by atoms with Gasteiger partial charge in [0.25, 0.3) is 0 Å². The lowest BCUT2D eigenvalue weighted by Crippen LogP contribution is -1.91. The zero-order valence-corrected chi connectivity index (χ0v) is 6.93. The van der Waals surface area contributed by atoms with Crippen LogP contribution >= 0.6 is 0 Å². The maximum atomic E-state index is 9.84. The first-order chi connectivity index (χ1) is 4.81. The number of carbonyl (C=O) groups is 1. The predicted octanol–water partition coefficient (Wildman–Crippen LogP) is 1.08. The minimum atomic E-state index is -0.394. The zero-order chi connectivity index (χ0) is 7.82. The first-order valence-electron chi connectivity index (χ1n) is 3.51. The van der Waals surface area contributed by atoms with Gasteiger partial charge in [0.2, 0.25) is 0 Å². The fourth-order valence-electron chi connectivity index (χ4n) is 0.333. The van der Waals surface area contributed by atoms with E-state index in [4.69, 9.17) is 0 Å². The second-order valence-corrected chi connectivity index (χ2v) is 2.14. The Hall–Kier alpha value is -0.830. The molecule has 0 saturated heterocycles. The van der Waals surface area contributed by atoms with Gasteiger partial charge in [-0.2, -0.15) is 0 Å². The van der Waals surface area contributed by atoms with Gasteiger partial charge in [-0.15, -0.1) is 0 Å². The van der Waals surface area contributed by atoms with Crippen LogP contribution in [0.2, 0.25) is 0 Å². The maximum Gasteiger partial charge on any atom is 0.329 e. The molecule has 1 fully saturated rings. The zero-order valence-electron chi connectivity index (χ0n) is 6.93. The molecule has 0 aliphatic heterocycles. The Morgan fingerprint density at radius 1 is 1.36 bits per heavy atom. The van der Waals surface area contributed by atoms with Crippen molar-refractivity contribution in [1.29, 1.82) is 0 Å². The van der Waals surface area contributed by atoms with E-state index in [1.54, 1.807) is 0 Å². The highest BCUT2D eigenvalue weighted by Gasteiger charge is 1.95. The first kappa shape index (κ1) is 12.8. The molecule has 0 atom stereocenters. The second-order valence-electron chi connectivity index (χ2n) is 2.14. The number of ether oxygens (including phenoxy) is 1. The van der Waals surface area contributed by atoms with E-state index in [1.165, 1.54) is 32.8 Å². The van der Waals surface area contributed by atoms with Crippen LogP contribution in [-0.4, -0.2) is 18.6 Å². The number of rotatable bonds is 1. The molecule has 0 aromatic heterocycles. The molecule has 1 aliphatic carbocycles. The molecular weight excluding hydrogens is 144 g/mol. The molecule has 0 aromatic rings. The number of methoxy groups -OCH3 is 1. The Labute approximate surface area is 67.4 Å². The van der Waals surface area contributed by atoms with Gasteiger partial charge in [-0.3, -0.25) is 0 Å². The molecule has 0 aromatic carbocycles. The Balaban J connectivity index is 0. The molecule has 0 bridgehead atoms. The average Bonchev–Trinajstić information content (AvgIpc) is 1.83. The lowest BCUT2D eigenvalue weighted by atomic mass is 10.0. The van der Waals surface area contributed by atoms with Crippen LogP contribution < -0.4 is 0 Å². The molecule has 66 valence electrons. The summed E-state index contributed by atoms with van der Waals surface area (Å²) in [4.78, 5) is 9.84. The van der Waals surface area contributed by atoms with Crippen molar-refractivity contribution in [2.75, 3.05) is 7.11 Å². The lowest BCUT2D eigenvalue weighted by molar-refractivity contribution is -0.134. The van der Waals surface area contributed by atoms with Gasteiger partial charge in [-0.25, -0.2) is 4.79 Å². The van der Waals surface area contributed by atoms with Crippen LogP contribution in [0.4, 0.5) is 0 Å². The van der Waals surface area contributed by atoms with Crippen LogP contribution in [0.3, 0.4) is 0 Å². The maximum absolute atomic E-state index is 9.84. The summed E-state index contributed by atoms with van der Waals surface area (Å²) >= 11 is 0. The van der Waals surface area contributed by atoms with Gasteiger partial charge in [0.1, 0.15) is 0 Å². The highest BCUT2D eigenvalue weighted by atomic mass is 16.5. The van der Waals surface area contributed by atoms with Gasteiger partial charge >= 0.3 is 5.97 Å². The molecular formula is C8H16O3. The van der Waals surface area contributed by atoms with Crippen molar-refractivity contribution in [3.63, 3.8) is 0 Å². The molecule has 0 heterocycles. The lowest BCUT2D eigenvalue weighted by Gasteiger charge is -2.05. The Morgan fingerprint density at radius 3 is 1.73 bits per heavy atom. The molecule has 1 rings (SSSR count). The van der Waals surface area contributed by atoms with Crippen LogP contribution in [0, 0.1) is 0 Å². The van der Waals surface area contributed by atoms with E-state index < -0.39 is 5.97 Å². The van der Waals surface area contributed by atoms with Gasteiger partial charge < -0.3 is 10.2 Å². The molecule has 11 heavy (non-hydrogen) atoms. The van der Waals surface area contributed by atoms with Gasteiger partial charge in [0.15, 0.2) is 0 Å². The quantitative estimate of drug-likeness (QED) is 0.425. The molecule has 0 spiro atoms. The first-order valence-corrected chi connectivity index (χ1v) is 3.51. The third-order valence-corrected chi connectivity index (χ3v) is 1.37. The minimum Gasteiger partial charge on any atom is -0.466 e. The van der Waals surface area contributed by atoms with Crippen molar-refractivity contribution in [2.45, 2.75) is 25.7 Å². The summed E-state index contributed by atoms with van der Waals surface area (Å²) < 4.78 is 4.14. The third kappa shape index (κ3) is 9.17. The third-order valence-electron chi connectivity index (χ3n) is 1.37. The van der Waals surface area contributed by atoms with E-state index in [2.05, 4.69) is 11.3 Å². The molecule has 2 N–H and O–H groups in total. The van der Waals surface area contributed by atoms with Gasteiger partial charge in [0, 0.05) is 6.08 Å². The van der Waals surface area contributed by atoms with E-state index in [-0.39, 0.29) is 5.48 Å². The standard InChI is InChI=1S/C4H6O2.C4H8.H2O/c1-3-4(5)6-2;1-2-4-3-1;/h3H,1H2,2H3;1-4H2;1H2. The normalized spacial score (nSPS) is 12.5. The second kappa shape index (κ2) is 9.17. The predicted molar refractivity (Wildman–Crippen MR) is 44.3 cm³/mol. The molecule has 3 nitrogen and oxygen atoms in total. The summed E-state index contributed by atoms with van der Waals surface area (Å²) in [6.07, 6.45) is 7.11. The Bertz CT molecular complexity index is 102. The van der Waals surface area contributed by atoms with E-state index in [9.17, 15) is 4.79 Å². The summed E-state index contributed by atoms with van der Waals surface area (Å²) in [5.74, 6) is -0.394.